The fourth-order valence-electron chi connectivity index (χ4n) is 2.54. The molecule has 0 atom stereocenters. The van der Waals surface area contributed by atoms with E-state index in [4.69, 9.17) is 5.11 Å². The molecule has 0 saturated carbocycles. The first kappa shape index (κ1) is 13.4. The minimum atomic E-state index is -0.931. The van der Waals surface area contributed by atoms with Gasteiger partial charge in [0.05, 0.1) is 16.6 Å². The first-order chi connectivity index (χ1) is 10.1. The second-order valence-electron chi connectivity index (χ2n) is 5.02. The van der Waals surface area contributed by atoms with Crippen molar-refractivity contribution in [3.63, 3.8) is 0 Å². The maximum absolute atomic E-state index is 11.0. The minimum Gasteiger partial charge on any atom is -0.478 e. The predicted molar refractivity (Wildman–Crippen MR) is 78.3 cm³/mol. The zero-order valence-corrected chi connectivity index (χ0v) is 11.9. The Morgan fingerprint density at radius 2 is 2.14 bits per heavy atom. The van der Waals surface area contributed by atoms with E-state index >= 15 is 0 Å². The van der Waals surface area contributed by atoms with Gasteiger partial charge in [-0.1, -0.05) is 0 Å². The van der Waals surface area contributed by atoms with E-state index in [1.54, 1.807) is 18.3 Å². The van der Waals surface area contributed by atoms with E-state index in [2.05, 4.69) is 14.6 Å². The summed E-state index contributed by atoms with van der Waals surface area (Å²) < 4.78 is 3.96. The third-order valence-electron chi connectivity index (χ3n) is 3.70. The van der Waals surface area contributed by atoms with Gasteiger partial charge in [0.25, 0.3) is 0 Å². The van der Waals surface area contributed by atoms with E-state index in [0.29, 0.717) is 0 Å². The third kappa shape index (κ3) is 2.40. The van der Waals surface area contributed by atoms with E-state index in [9.17, 15) is 4.79 Å². The topological polar surface area (TPSA) is 72.9 Å². The normalized spacial score (nSPS) is 11.1. The molecular formula is C15H16N4O2. The SMILES string of the molecule is Cc1nc2cc(C(=O)O)ccc2n1CCc1ccnn1C. The molecule has 6 heteroatoms. The molecule has 0 spiro atoms. The van der Waals surface area contributed by atoms with Crippen LogP contribution in [-0.4, -0.2) is 30.4 Å². The molecule has 0 aliphatic heterocycles. The van der Waals surface area contributed by atoms with Crippen LogP contribution in [0.1, 0.15) is 21.9 Å². The molecule has 2 aromatic heterocycles. The summed E-state index contributed by atoms with van der Waals surface area (Å²) in [6.07, 6.45) is 2.64. The third-order valence-corrected chi connectivity index (χ3v) is 3.70. The van der Waals surface area contributed by atoms with Crippen molar-refractivity contribution in [1.29, 1.82) is 0 Å². The van der Waals surface area contributed by atoms with Crippen LogP contribution in [0.5, 0.6) is 0 Å². The van der Waals surface area contributed by atoms with Crippen LogP contribution in [0.25, 0.3) is 11.0 Å². The number of fused-ring (bicyclic) bond motifs is 1. The van der Waals surface area contributed by atoms with Crippen molar-refractivity contribution in [2.24, 2.45) is 7.05 Å². The van der Waals surface area contributed by atoms with Crippen LogP contribution in [-0.2, 0) is 20.0 Å². The highest BCUT2D eigenvalue weighted by atomic mass is 16.4. The van der Waals surface area contributed by atoms with Gasteiger partial charge < -0.3 is 9.67 Å². The van der Waals surface area contributed by atoms with E-state index in [1.807, 2.05) is 30.8 Å². The number of carbonyl (C=O) groups is 1. The lowest BCUT2D eigenvalue weighted by Crippen LogP contribution is -2.07. The van der Waals surface area contributed by atoms with Crippen molar-refractivity contribution in [3.05, 3.63) is 47.5 Å². The standard InChI is InChI=1S/C15H16N4O2/c1-10-17-13-9-11(15(20)21)3-4-14(13)19(10)8-6-12-5-7-16-18(12)2/h3-5,7,9H,6,8H2,1-2H3,(H,20,21). The van der Waals surface area contributed by atoms with Crippen LogP contribution in [0.4, 0.5) is 0 Å². The van der Waals surface area contributed by atoms with Gasteiger partial charge in [-0.05, 0) is 31.2 Å². The first-order valence-electron chi connectivity index (χ1n) is 6.73. The van der Waals surface area contributed by atoms with Gasteiger partial charge in [-0.15, -0.1) is 0 Å². The number of carboxylic acids is 1. The van der Waals surface area contributed by atoms with Crippen molar-refractivity contribution in [3.8, 4) is 0 Å². The summed E-state index contributed by atoms with van der Waals surface area (Å²) >= 11 is 0. The molecule has 0 amide bonds. The number of hydrogen-bond acceptors (Lipinski definition) is 3. The maximum atomic E-state index is 11.0. The minimum absolute atomic E-state index is 0.263. The van der Waals surface area contributed by atoms with E-state index in [1.165, 1.54) is 0 Å². The average molecular weight is 284 g/mol. The van der Waals surface area contributed by atoms with E-state index < -0.39 is 5.97 Å². The van der Waals surface area contributed by atoms with Crippen LogP contribution in [0.3, 0.4) is 0 Å². The van der Waals surface area contributed by atoms with Gasteiger partial charge in [-0.3, -0.25) is 4.68 Å². The largest absolute Gasteiger partial charge is 0.478 e. The molecule has 108 valence electrons. The summed E-state index contributed by atoms with van der Waals surface area (Å²) in [5.74, 6) is -0.0475. The molecule has 2 heterocycles. The summed E-state index contributed by atoms with van der Waals surface area (Å²) in [7, 11) is 1.92. The lowest BCUT2D eigenvalue weighted by molar-refractivity contribution is 0.0697. The Morgan fingerprint density at radius 1 is 1.33 bits per heavy atom. The summed E-state index contributed by atoms with van der Waals surface area (Å²) in [5, 5.41) is 13.2. The highest BCUT2D eigenvalue weighted by Crippen LogP contribution is 2.18. The monoisotopic (exact) mass is 284 g/mol. The zero-order chi connectivity index (χ0) is 15.0. The van der Waals surface area contributed by atoms with Crippen molar-refractivity contribution in [1.82, 2.24) is 19.3 Å². The number of aromatic carboxylic acids is 1. The Hall–Kier alpha value is -2.63. The average Bonchev–Trinajstić information content (AvgIpc) is 2.98. The van der Waals surface area contributed by atoms with Gasteiger partial charge in [-0.25, -0.2) is 9.78 Å². The number of aryl methyl sites for hydroxylation is 4. The predicted octanol–water partition coefficient (Wildman–Crippen LogP) is 2.02. The second kappa shape index (κ2) is 5.05. The van der Waals surface area contributed by atoms with Crippen LogP contribution in [0.2, 0.25) is 0 Å². The Balaban J connectivity index is 1.93. The fraction of sp³-hybridized carbons (Fsp3) is 0.267. The molecule has 6 nitrogen and oxygen atoms in total. The highest BCUT2D eigenvalue weighted by Gasteiger charge is 2.11. The van der Waals surface area contributed by atoms with E-state index in [0.717, 1.165) is 35.5 Å². The van der Waals surface area contributed by atoms with Gasteiger partial charge in [-0.2, -0.15) is 5.10 Å². The molecule has 1 aromatic carbocycles. The highest BCUT2D eigenvalue weighted by molar-refractivity contribution is 5.92. The molecule has 0 aliphatic carbocycles. The van der Waals surface area contributed by atoms with Crippen LogP contribution >= 0.6 is 0 Å². The van der Waals surface area contributed by atoms with E-state index in [-0.39, 0.29) is 5.56 Å². The summed E-state index contributed by atoms with van der Waals surface area (Å²) in [4.78, 5) is 15.5. The molecule has 0 unspecified atom stereocenters. The molecule has 0 bridgehead atoms. The smallest absolute Gasteiger partial charge is 0.335 e. The second-order valence-corrected chi connectivity index (χ2v) is 5.02. The molecule has 0 radical (unpaired) electrons. The van der Waals surface area contributed by atoms with Crippen molar-refractivity contribution >= 4 is 17.0 Å². The molecule has 3 aromatic rings. The number of hydrogen-bond donors (Lipinski definition) is 1. The fourth-order valence-corrected chi connectivity index (χ4v) is 2.54. The Kier molecular flexibility index (Phi) is 3.21. The Labute approximate surface area is 121 Å². The van der Waals surface area contributed by atoms with Gasteiger partial charge in [0.1, 0.15) is 5.82 Å². The number of rotatable bonds is 4. The molecule has 0 saturated heterocycles. The van der Waals surface area contributed by atoms with Gasteiger partial charge in [0, 0.05) is 31.9 Å². The molecule has 0 aliphatic rings. The number of imidazole rings is 1. The quantitative estimate of drug-likeness (QED) is 0.795. The Bertz CT molecular complexity index is 816. The van der Waals surface area contributed by atoms with Gasteiger partial charge >= 0.3 is 5.97 Å². The molecule has 0 fully saturated rings. The lowest BCUT2D eigenvalue weighted by Gasteiger charge is -2.07. The van der Waals surface area contributed by atoms with Gasteiger partial charge in [0.15, 0.2) is 0 Å². The molecular weight excluding hydrogens is 268 g/mol. The summed E-state index contributed by atoms with van der Waals surface area (Å²) in [5.41, 5.74) is 3.09. The van der Waals surface area contributed by atoms with Crippen molar-refractivity contribution < 1.29 is 9.90 Å². The Morgan fingerprint density at radius 3 is 2.81 bits per heavy atom. The number of aromatic nitrogens is 4. The van der Waals surface area contributed by atoms with Crippen LogP contribution < -0.4 is 0 Å². The number of benzene rings is 1. The molecule has 21 heavy (non-hydrogen) atoms. The van der Waals surface area contributed by atoms with Crippen molar-refractivity contribution in [2.45, 2.75) is 19.9 Å². The first-order valence-corrected chi connectivity index (χ1v) is 6.73. The van der Waals surface area contributed by atoms with Crippen molar-refractivity contribution in [2.75, 3.05) is 0 Å². The molecule has 1 N–H and O–H groups in total. The summed E-state index contributed by atoms with van der Waals surface area (Å²) in [6, 6.07) is 7.05. The zero-order valence-electron chi connectivity index (χ0n) is 11.9. The van der Waals surface area contributed by atoms with Gasteiger partial charge in [0.2, 0.25) is 0 Å². The van der Waals surface area contributed by atoms with Crippen LogP contribution in [0.15, 0.2) is 30.5 Å². The number of nitrogens with zero attached hydrogens (tertiary/aromatic N) is 4. The summed E-state index contributed by atoms with van der Waals surface area (Å²) in [6.45, 7) is 2.72. The van der Waals surface area contributed by atoms with Crippen LogP contribution in [0, 0.1) is 6.92 Å². The lowest BCUT2D eigenvalue weighted by atomic mass is 10.2. The number of carboxylic acid groups (broad SMARTS) is 1. The molecule has 3 rings (SSSR count). The maximum Gasteiger partial charge on any atom is 0.335 e.